The maximum Gasteiger partial charge on any atom is 0.151 e. The van der Waals surface area contributed by atoms with Crippen LogP contribution in [0.3, 0.4) is 0 Å². The molecule has 2 aliphatic rings. The molecule has 1 N–H and O–H groups in total. The van der Waals surface area contributed by atoms with E-state index in [1.165, 1.54) is 19.3 Å². The highest BCUT2D eigenvalue weighted by atomic mass is 32.2. The molecule has 0 spiro atoms. The Hall–Kier alpha value is -0.130. The van der Waals surface area contributed by atoms with Crippen LogP contribution >= 0.6 is 0 Å². The summed E-state index contributed by atoms with van der Waals surface area (Å²) in [5.74, 6) is 0.750. The van der Waals surface area contributed by atoms with Gasteiger partial charge in [0.1, 0.15) is 0 Å². The lowest BCUT2D eigenvalue weighted by molar-refractivity contribution is 0.186. The molecule has 0 radical (unpaired) electrons. The van der Waals surface area contributed by atoms with Crippen molar-refractivity contribution < 1.29 is 8.42 Å². The van der Waals surface area contributed by atoms with Crippen LogP contribution in [0, 0.1) is 0 Å². The van der Waals surface area contributed by atoms with Gasteiger partial charge < -0.3 is 5.32 Å². The Kier molecular flexibility index (Phi) is 4.44. The number of hydrogen-bond donors (Lipinski definition) is 1. The van der Waals surface area contributed by atoms with Gasteiger partial charge in [-0.3, -0.25) is 4.90 Å². The molecule has 0 saturated carbocycles. The normalized spacial score (nSPS) is 33.1. The predicted molar refractivity (Wildman–Crippen MR) is 69.9 cm³/mol. The van der Waals surface area contributed by atoms with Crippen molar-refractivity contribution in [2.24, 2.45) is 0 Å². The highest BCUT2D eigenvalue weighted by Gasteiger charge is 2.32. The summed E-state index contributed by atoms with van der Waals surface area (Å²) in [5, 5.41) is 3.54. The minimum absolute atomic E-state index is 0.258. The van der Waals surface area contributed by atoms with E-state index in [1.807, 2.05) is 0 Å². The van der Waals surface area contributed by atoms with Crippen LogP contribution in [0.4, 0.5) is 0 Å². The molecule has 2 saturated heterocycles. The fraction of sp³-hybridized carbons (Fsp3) is 1.00. The first-order valence-corrected chi connectivity index (χ1v) is 8.61. The van der Waals surface area contributed by atoms with Crippen LogP contribution in [0.1, 0.15) is 32.6 Å². The van der Waals surface area contributed by atoms with Gasteiger partial charge in [-0.15, -0.1) is 0 Å². The van der Waals surface area contributed by atoms with Gasteiger partial charge in [0.05, 0.1) is 11.5 Å². The molecule has 4 nitrogen and oxygen atoms in total. The monoisotopic (exact) mass is 260 g/mol. The molecule has 0 aromatic rings. The largest absolute Gasteiger partial charge is 0.313 e. The van der Waals surface area contributed by atoms with Crippen molar-refractivity contribution in [2.75, 3.05) is 31.1 Å². The van der Waals surface area contributed by atoms with E-state index in [0.717, 1.165) is 26.1 Å². The Labute approximate surface area is 105 Å². The van der Waals surface area contributed by atoms with Gasteiger partial charge in [-0.25, -0.2) is 8.42 Å². The number of sulfone groups is 1. The molecule has 0 bridgehead atoms. The quantitative estimate of drug-likeness (QED) is 0.806. The van der Waals surface area contributed by atoms with Crippen LogP contribution in [0.2, 0.25) is 0 Å². The zero-order valence-corrected chi connectivity index (χ0v) is 11.5. The minimum atomic E-state index is -2.75. The fourth-order valence-electron chi connectivity index (χ4n) is 2.96. The molecule has 2 aliphatic heterocycles. The van der Waals surface area contributed by atoms with Gasteiger partial charge >= 0.3 is 0 Å². The zero-order chi connectivity index (χ0) is 12.3. The van der Waals surface area contributed by atoms with E-state index >= 15 is 0 Å². The Morgan fingerprint density at radius 3 is 2.65 bits per heavy atom. The van der Waals surface area contributed by atoms with E-state index in [0.29, 0.717) is 17.5 Å². The van der Waals surface area contributed by atoms with Gasteiger partial charge in [0.15, 0.2) is 9.84 Å². The second-order valence-corrected chi connectivity index (χ2v) is 7.52. The topological polar surface area (TPSA) is 49.4 Å². The fourth-order valence-corrected chi connectivity index (χ4v) is 4.72. The Morgan fingerprint density at radius 2 is 2.12 bits per heavy atom. The van der Waals surface area contributed by atoms with Crippen LogP contribution < -0.4 is 5.32 Å². The molecule has 100 valence electrons. The van der Waals surface area contributed by atoms with Gasteiger partial charge in [0, 0.05) is 18.6 Å². The average Bonchev–Trinajstić information content (AvgIpc) is 2.68. The van der Waals surface area contributed by atoms with E-state index < -0.39 is 9.84 Å². The molecule has 2 rings (SSSR count). The van der Waals surface area contributed by atoms with Crippen LogP contribution in [-0.4, -0.2) is 56.5 Å². The highest BCUT2D eigenvalue weighted by molar-refractivity contribution is 7.91. The second-order valence-electron chi connectivity index (χ2n) is 5.29. The lowest BCUT2D eigenvalue weighted by atomic mass is 10.0. The Morgan fingerprint density at radius 1 is 1.29 bits per heavy atom. The number of hydrogen-bond acceptors (Lipinski definition) is 4. The summed E-state index contributed by atoms with van der Waals surface area (Å²) in [6.45, 7) is 5.22. The lowest BCUT2D eigenvalue weighted by Gasteiger charge is -2.33. The van der Waals surface area contributed by atoms with Crippen molar-refractivity contribution in [3.63, 3.8) is 0 Å². The molecule has 5 heteroatoms. The van der Waals surface area contributed by atoms with E-state index in [9.17, 15) is 8.42 Å². The summed E-state index contributed by atoms with van der Waals surface area (Å²) in [7, 11) is -2.75. The van der Waals surface area contributed by atoms with Gasteiger partial charge in [-0.1, -0.05) is 13.3 Å². The third-order valence-electron chi connectivity index (χ3n) is 4.00. The summed E-state index contributed by atoms with van der Waals surface area (Å²) in [6, 6.07) is 0.820. The molecule has 0 aromatic carbocycles. The van der Waals surface area contributed by atoms with Crippen molar-refractivity contribution in [3.05, 3.63) is 0 Å². The molecule has 0 aromatic heterocycles. The highest BCUT2D eigenvalue weighted by Crippen LogP contribution is 2.19. The van der Waals surface area contributed by atoms with Gasteiger partial charge in [0.2, 0.25) is 0 Å². The zero-order valence-electron chi connectivity index (χ0n) is 10.7. The van der Waals surface area contributed by atoms with Crippen molar-refractivity contribution in [1.29, 1.82) is 0 Å². The number of rotatable bonds is 4. The molecule has 2 heterocycles. The first-order valence-electron chi connectivity index (χ1n) is 6.78. The van der Waals surface area contributed by atoms with Crippen LogP contribution in [0.15, 0.2) is 0 Å². The van der Waals surface area contributed by atoms with E-state index in [-0.39, 0.29) is 6.04 Å². The van der Waals surface area contributed by atoms with Crippen molar-refractivity contribution >= 4 is 9.84 Å². The first-order chi connectivity index (χ1) is 8.11. The molecular weight excluding hydrogens is 236 g/mol. The molecule has 2 unspecified atom stereocenters. The molecule has 2 atom stereocenters. The molecular formula is C12H24N2O2S. The number of nitrogens with one attached hydrogen (secondary N) is 1. The average molecular weight is 260 g/mol. The summed E-state index contributed by atoms with van der Waals surface area (Å²) < 4.78 is 23.0. The third-order valence-corrected chi connectivity index (χ3v) is 5.75. The summed E-state index contributed by atoms with van der Waals surface area (Å²) in [4.78, 5) is 2.35. The van der Waals surface area contributed by atoms with Crippen molar-refractivity contribution in [2.45, 2.75) is 44.7 Å². The smallest absolute Gasteiger partial charge is 0.151 e. The first kappa shape index (κ1) is 13.3. The Bertz CT molecular complexity index is 336. The summed E-state index contributed by atoms with van der Waals surface area (Å²) in [5.41, 5.74) is 0. The van der Waals surface area contributed by atoms with Gasteiger partial charge in [-0.05, 0) is 32.4 Å². The summed E-state index contributed by atoms with van der Waals surface area (Å²) >= 11 is 0. The van der Waals surface area contributed by atoms with Crippen LogP contribution in [0.25, 0.3) is 0 Å². The number of nitrogens with zero attached hydrogens (tertiary/aromatic N) is 1. The number of piperidine rings is 1. The molecule has 0 aliphatic carbocycles. The maximum atomic E-state index is 11.5. The minimum Gasteiger partial charge on any atom is -0.313 e. The standard InChI is InChI=1S/C12H24N2O2S/c1-2-14(9-11-5-3-4-7-13-11)12-6-8-17(15,16)10-12/h11-13H,2-10H2,1H3. The van der Waals surface area contributed by atoms with Gasteiger partial charge in [-0.2, -0.15) is 0 Å². The number of likely N-dealkylation sites (N-methyl/N-ethyl adjacent to an activating group) is 1. The molecule has 17 heavy (non-hydrogen) atoms. The predicted octanol–water partition coefficient (Wildman–Crippen LogP) is 0.638. The molecule has 0 amide bonds. The van der Waals surface area contributed by atoms with Gasteiger partial charge in [0.25, 0.3) is 0 Å². The van der Waals surface area contributed by atoms with E-state index in [4.69, 9.17) is 0 Å². The van der Waals surface area contributed by atoms with Crippen molar-refractivity contribution in [3.8, 4) is 0 Å². The maximum absolute atomic E-state index is 11.5. The van der Waals surface area contributed by atoms with E-state index in [1.54, 1.807) is 0 Å². The van der Waals surface area contributed by atoms with Crippen LogP contribution in [0.5, 0.6) is 0 Å². The van der Waals surface area contributed by atoms with Crippen molar-refractivity contribution in [1.82, 2.24) is 10.2 Å². The lowest BCUT2D eigenvalue weighted by Crippen LogP contribution is -2.47. The Balaban J connectivity index is 1.88. The van der Waals surface area contributed by atoms with E-state index in [2.05, 4.69) is 17.1 Å². The summed E-state index contributed by atoms with van der Waals surface area (Å²) in [6.07, 6.45) is 4.64. The molecule has 2 fully saturated rings. The SMILES string of the molecule is CCN(CC1CCCCN1)C1CCS(=O)(=O)C1. The third kappa shape index (κ3) is 3.66. The second kappa shape index (κ2) is 5.67. The van der Waals surface area contributed by atoms with Crippen LogP contribution in [-0.2, 0) is 9.84 Å².